The number of esters is 2. The van der Waals surface area contributed by atoms with Crippen molar-refractivity contribution in [3.8, 4) is 11.8 Å². The van der Waals surface area contributed by atoms with Crippen molar-refractivity contribution in [3.63, 3.8) is 0 Å². The molecule has 4 N–H and O–H groups in total. The quantitative estimate of drug-likeness (QED) is 0.0765. The van der Waals surface area contributed by atoms with E-state index in [1.807, 2.05) is 6.07 Å². The maximum atomic E-state index is 17.7. The molecule has 8 heterocycles. The van der Waals surface area contributed by atoms with Gasteiger partial charge in [0, 0.05) is 47.2 Å². The highest BCUT2D eigenvalue weighted by atomic mass is 16.7. The zero-order chi connectivity index (χ0) is 61.1. The molecule has 13 nitrogen and oxygen atoms in total. The van der Waals surface area contributed by atoms with E-state index >= 15 is 19.5 Å². The second-order valence-electron chi connectivity index (χ2n) is 34.7. The molecule has 17 aliphatic rings. The lowest BCUT2D eigenvalue weighted by atomic mass is 9.28. The average Bonchev–Trinajstić information content (AvgIpc) is 1.40. The van der Waals surface area contributed by atoms with Gasteiger partial charge in [-0.15, -0.1) is 0 Å². The van der Waals surface area contributed by atoms with Crippen LogP contribution in [0.3, 0.4) is 0 Å². The molecular weight excluding hydrogens is 1130 g/mol. The van der Waals surface area contributed by atoms with E-state index in [-0.39, 0.29) is 83.0 Å². The summed E-state index contributed by atoms with van der Waals surface area (Å²) in [5.41, 5.74) is -6.20. The summed E-state index contributed by atoms with van der Waals surface area (Å²) in [7, 11) is 0. The number of ether oxygens (including phenoxy) is 4. The molecule has 10 aliphatic carbocycles. The largest absolute Gasteiger partial charge is 0.469 e. The number of nitrogens with one attached hydrogen (secondary N) is 1. The van der Waals surface area contributed by atoms with Crippen LogP contribution in [0.15, 0.2) is 71.0 Å². The minimum Gasteiger partial charge on any atom is -0.469 e. The van der Waals surface area contributed by atoms with Crippen molar-refractivity contribution < 1.29 is 53.1 Å². The molecule has 9 bridgehead atoms. The van der Waals surface area contributed by atoms with Gasteiger partial charge in [0.2, 0.25) is 0 Å². The van der Waals surface area contributed by atoms with E-state index in [0.717, 1.165) is 96.7 Å². The van der Waals surface area contributed by atoms with Crippen LogP contribution in [-0.4, -0.2) is 106 Å². The zero-order valence-corrected chi connectivity index (χ0v) is 53.6. The fourth-order valence-corrected chi connectivity index (χ4v) is 29.1. The van der Waals surface area contributed by atoms with Gasteiger partial charge in [0.15, 0.2) is 17.5 Å². The number of hydrogen-bond acceptors (Lipinski definition) is 13. The van der Waals surface area contributed by atoms with Crippen molar-refractivity contribution in [2.45, 2.75) is 216 Å². The summed E-state index contributed by atoms with van der Waals surface area (Å²) in [5, 5.41) is 41.9. The number of epoxide rings is 1. The molecule has 26 unspecified atom stereocenters. The van der Waals surface area contributed by atoms with Crippen molar-refractivity contribution in [2.75, 3.05) is 26.4 Å². The Morgan fingerprint density at radius 1 is 0.911 bits per heavy atom. The van der Waals surface area contributed by atoms with Gasteiger partial charge in [0.25, 0.3) is 0 Å². The van der Waals surface area contributed by atoms with Crippen molar-refractivity contribution >= 4 is 17.7 Å². The summed E-state index contributed by atoms with van der Waals surface area (Å²) in [6.45, 7) is 10.5. The highest BCUT2D eigenvalue weighted by Gasteiger charge is 3.00. The van der Waals surface area contributed by atoms with E-state index in [4.69, 9.17) is 23.4 Å². The Bertz CT molecular complexity index is 3510. The topological polar surface area (TPSA) is 181 Å². The molecule has 2 aromatic rings. The van der Waals surface area contributed by atoms with Gasteiger partial charge in [0.05, 0.1) is 54.9 Å². The van der Waals surface area contributed by atoms with Gasteiger partial charge in [-0.25, -0.2) is 4.79 Å². The van der Waals surface area contributed by atoms with Crippen LogP contribution < -0.4 is 5.32 Å². The van der Waals surface area contributed by atoms with Gasteiger partial charge in [-0.3, -0.25) is 14.9 Å². The summed E-state index contributed by atoms with van der Waals surface area (Å²) in [6, 6.07) is 13.2. The lowest BCUT2D eigenvalue weighted by Gasteiger charge is -2.74. The van der Waals surface area contributed by atoms with Gasteiger partial charge in [-0.1, -0.05) is 87.9 Å². The Labute approximate surface area is 531 Å². The number of cyclic esters (lactones) is 1. The van der Waals surface area contributed by atoms with Gasteiger partial charge in [-0.2, -0.15) is 0 Å². The van der Waals surface area contributed by atoms with Gasteiger partial charge in [0.1, 0.15) is 29.7 Å². The summed E-state index contributed by atoms with van der Waals surface area (Å²) in [5.74, 6) is 5.86. The Morgan fingerprint density at radius 3 is 2.58 bits per heavy atom. The Morgan fingerprint density at radius 2 is 1.76 bits per heavy atom. The molecule has 1 aromatic carbocycles. The minimum absolute atomic E-state index is 0.0196. The van der Waals surface area contributed by atoms with E-state index in [1.54, 1.807) is 6.26 Å². The molecule has 5 saturated heterocycles. The Kier molecular flexibility index (Phi) is 11.9. The average molecular weight is 1230 g/mol. The molecule has 7 spiro atoms. The number of carbonyl (C=O) groups excluding carboxylic acids is 3. The number of hydrogen-bond donors (Lipinski definition) is 4. The highest BCUT2D eigenvalue weighted by molar-refractivity contribution is 5.94. The molecule has 13 heteroatoms. The third-order valence-electron chi connectivity index (χ3n) is 31.6. The predicted octanol–water partition coefficient (Wildman–Crippen LogP) is 10.6. The Hall–Kier alpha value is -4.29. The molecule has 0 radical (unpaired) electrons. The van der Waals surface area contributed by atoms with Gasteiger partial charge < -0.3 is 43.6 Å². The highest BCUT2D eigenvalue weighted by Crippen LogP contribution is 2.93. The second kappa shape index (κ2) is 18.8. The molecule has 480 valence electrons. The third-order valence-corrected chi connectivity index (χ3v) is 31.6. The number of Topliss-reactive ketones (excluding diaryl/α,β-unsaturated/α-hetero) is 1. The molecular formula is C77H96N2O11. The number of aliphatic hydroxyl groups excluding tert-OH is 3. The number of allylic oxidation sites excluding steroid dienone is 1. The maximum absolute atomic E-state index is 17.7. The minimum atomic E-state index is -1.58. The number of fused-ring (bicyclic) bond motifs is 6. The fraction of sp³-hybridized carbons (Fsp3) is 0.753. The number of benzene rings is 1. The van der Waals surface area contributed by atoms with E-state index in [0.29, 0.717) is 48.5 Å². The van der Waals surface area contributed by atoms with Gasteiger partial charge >= 0.3 is 11.9 Å². The normalized spacial score (nSPS) is 51.6. The first-order valence-corrected chi connectivity index (χ1v) is 36.2. The molecule has 19 rings (SSSR count). The SMILES string of the molecule is CC(C)CC1C=C2CC3CCC4(CCC5(CCCC5)C4)C34CC3CC5(C)C6(c7ccoc7CC(C(O)CO)C7CCC8C(C=CN9CNCC89)C7)CC#CC7CCC(Cc8ccccc8)CC7C7(C(O)C(=O)C8C1(C)OC21C4C(=O)OCC81C37)C51OC1C(=O)O6. The van der Waals surface area contributed by atoms with Crippen LogP contribution >= 0.6 is 0 Å². The number of carbonyl (C=O) groups is 3. The maximum Gasteiger partial charge on any atom is 0.339 e. The molecule has 7 aliphatic heterocycles. The molecule has 90 heavy (non-hydrogen) atoms. The first kappa shape index (κ1) is 57.2. The van der Waals surface area contributed by atoms with Crippen molar-refractivity contribution in [2.24, 2.45) is 115 Å². The molecule has 14 fully saturated rings. The Balaban J connectivity index is 0.850. The number of aliphatic hydroxyl groups is 3. The first-order valence-electron chi connectivity index (χ1n) is 36.2. The van der Waals surface area contributed by atoms with E-state index < -0.39 is 98.6 Å². The number of furan rings is 1. The van der Waals surface area contributed by atoms with E-state index in [2.05, 4.69) is 98.4 Å². The summed E-state index contributed by atoms with van der Waals surface area (Å²) in [4.78, 5) is 52.8. The van der Waals surface area contributed by atoms with Crippen molar-refractivity contribution in [3.05, 3.63) is 83.5 Å². The van der Waals surface area contributed by atoms with E-state index in [9.17, 15) is 10.2 Å². The standard InChI is InChI=1S/C77H96N2O11/c1-43(2)29-51-34-52-33-50-18-24-71(26-25-70(40-71)21-8-9-22-70)72(50)37-49-36-68(3)74(55-20-28-86-59(55)35-54(58(81)39-80)47-16-17-53-48(32-47)19-27-79-42-78-38-57(53)79)23-10-13-46-15-14-45(30-44-11-6-5-7-12-44)31-56(46)75(77(68)65(88-77)67(85)89-74)61(49)73-41-87-66(84)63(72)76(52,73)90-69(51,4)62(73)60(82)64(75)83/h5-7,11-12,19-20,27-28,34,43,45-51,53-54,56-58,61-65,78,80-81,83H,8-9,14-18,21-26,29-33,35-42H2,1-4H3. The third kappa shape index (κ3) is 6.50. The summed E-state index contributed by atoms with van der Waals surface area (Å²) in [6.07, 6.45) is 25.0. The van der Waals surface area contributed by atoms with Crippen molar-refractivity contribution in [1.29, 1.82) is 0 Å². The fourth-order valence-electron chi connectivity index (χ4n) is 29.1. The smallest absolute Gasteiger partial charge is 0.339 e. The molecule has 26 atom stereocenters. The summed E-state index contributed by atoms with van der Waals surface area (Å²) < 4.78 is 38.0. The number of ketones is 1. The number of rotatable bonds is 10. The van der Waals surface area contributed by atoms with Crippen LogP contribution in [-0.2, 0) is 51.8 Å². The predicted molar refractivity (Wildman–Crippen MR) is 332 cm³/mol. The molecule has 1 aromatic heterocycles. The van der Waals surface area contributed by atoms with Crippen LogP contribution in [0.25, 0.3) is 0 Å². The molecule has 9 saturated carbocycles. The van der Waals surface area contributed by atoms with Crippen LogP contribution in [0.2, 0.25) is 0 Å². The first-order chi connectivity index (χ1) is 43.4. The van der Waals surface area contributed by atoms with Crippen LogP contribution in [0, 0.1) is 127 Å². The van der Waals surface area contributed by atoms with Crippen LogP contribution in [0.1, 0.15) is 173 Å². The lowest BCUT2D eigenvalue weighted by molar-refractivity contribution is -0.315. The van der Waals surface area contributed by atoms with Crippen LogP contribution in [0.5, 0.6) is 0 Å². The monoisotopic (exact) mass is 1220 g/mol. The molecule has 0 amide bonds. The zero-order valence-electron chi connectivity index (χ0n) is 53.6. The van der Waals surface area contributed by atoms with Crippen LogP contribution in [0.4, 0.5) is 0 Å². The summed E-state index contributed by atoms with van der Waals surface area (Å²) >= 11 is 0. The van der Waals surface area contributed by atoms with E-state index in [1.165, 1.54) is 43.2 Å². The second-order valence-corrected chi connectivity index (χ2v) is 34.7. The lowest BCUT2D eigenvalue weighted by Crippen LogP contribution is -2.83. The van der Waals surface area contributed by atoms with Gasteiger partial charge in [-0.05, 0) is 221 Å². The van der Waals surface area contributed by atoms with Crippen molar-refractivity contribution in [1.82, 2.24) is 10.2 Å². The number of nitrogens with zero attached hydrogens (tertiary/aromatic N) is 1.